The summed E-state index contributed by atoms with van der Waals surface area (Å²) in [5.74, 6) is 0.887. The Kier molecular flexibility index (Phi) is 6.82. The number of hydrogen-bond donors (Lipinski definition) is 0. The molecular weight excluding hydrogens is 368 g/mol. The van der Waals surface area contributed by atoms with Gasteiger partial charge in [-0.1, -0.05) is 43.3 Å². The number of aromatic nitrogens is 1. The fourth-order valence-electron chi connectivity index (χ4n) is 2.94. The average Bonchev–Trinajstić information content (AvgIpc) is 3.18. The van der Waals surface area contributed by atoms with Crippen molar-refractivity contribution >= 4 is 17.2 Å². The van der Waals surface area contributed by atoms with E-state index < -0.39 is 0 Å². The van der Waals surface area contributed by atoms with Crippen molar-refractivity contribution in [2.45, 2.75) is 46.4 Å². The van der Waals surface area contributed by atoms with E-state index in [-0.39, 0.29) is 11.9 Å². The van der Waals surface area contributed by atoms with E-state index in [0.29, 0.717) is 13.2 Å². The predicted molar refractivity (Wildman–Crippen MR) is 114 cm³/mol. The average molecular weight is 395 g/mol. The van der Waals surface area contributed by atoms with Gasteiger partial charge in [0.05, 0.1) is 12.2 Å². The molecule has 0 saturated carbocycles. The van der Waals surface area contributed by atoms with Gasteiger partial charge in [-0.3, -0.25) is 4.79 Å². The van der Waals surface area contributed by atoms with Crippen molar-refractivity contribution in [1.29, 1.82) is 0 Å². The molecule has 0 spiro atoms. The number of nitrogens with zero attached hydrogens (tertiary/aromatic N) is 2. The van der Waals surface area contributed by atoms with Crippen LogP contribution in [-0.2, 0) is 13.2 Å². The standard InChI is InChI=1S/C23H26N2O2S/c1-4-18(3)25(23(26)21-13-9-8-10-17(21)2)14-19-16-28-22(24-19)15-27-20-11-6-5-7-12-20/h5-13,16,18H,4,14-15H2,1-3H3/t18-/m1/s1. The Labute approximate surface area is 170 Å². The van der Waals surface area contributed by atoms with Crippen molar-refractivity contribution in [3.05, 3.63) is 81.8 Å². The summed E-state index contributed by atoms with van der Waals surface area (Å²) in [6.07, 6.45) is 0.895. The molecule has 0 aliphatic carbocycles. The number of carbonyl (C=O) groups excluding carboxylic acids is 1. The van der Waals surface area contributed by atoms with Crippen molar-refractivity contribution in [3.8, 4) is 5.75 Å². The van der Waals surface area contributed by atoms with Crippen molar-refractivity contribution in [1.82, 2.24) is 9.88 Å². The monoisotopic (exact) mass is 394 g/mol. The fraction of sp³-hybridized carbons (Fsp3) is 0.304. The predicted octanol–water partition coefficient (Wildman–Crippen LogP) is 5.47. The minimum atomic E-state index is 0.0579. The molecule has 2 aromatic carbocycles. The summed E-state index contributed by atoms with van der Waals surface area (Å²) in [4.78, 5) is 19.8. The molecule has 3 aromatic rings. The largest absolute Gasteiger partial charge is 0.486 e. The number of thiazole rings is 1. The Balaban J connectivity index is 1.70. The number of benzene rings is 2. The van der Waals surface area contributed by atoms with Crippen LogP contribution in [0.1, 0.15) is 46.9 Å². The van der Waals surface area contributed by atoms with Crippen LogP contribution in [0.2, 0.25) is 0 Å². The van der Waals surface area contributed by atoms with Crippen molar-refractivity contribution < 1.29 is 9.53 Å². The van der Waals surface area contributed by atoms with Crippen molar-refractivity contribution in [3.63, 3.8) is 0 Å². The quantitative estimate of drug-likeness (QED) is 0.509. The summed E-state index contributed by atoms with van der Waals surface area (Å²) >= 11 is 1.57. The lowest BCUT2D eigenvalue weighted by molar-refractivity contribution is 0.0668. The van der Waals surface area contributed by atoms with E-state index in [0.717, 1.165) is 34.0 Å². The third kappa shape index (κ3) is 4.98. The lowest BCUT2D eigenvalue weighted by Gasteiger charge is -2.28. The first-order valence-electron chi connectivity index (χ1n) is 9.56. The first-order valence-corrected chi connectivity index (χ1v) is 10.4. The molecule has 1 aromatic heterocycles. The molecule has 0 unspecified atom stereocenters. The highest BCUT2D eigenvalue weighted by molar-refractivity contribution is 7.09. The highest BCUT2D eigenvalue weighted by atomic mass is 32.1. The Hall–Kier alpha value is -2.66. The molecule has 146 valence electrons. The van der Waals surface area contributed by atoms with E-state index in [9.17, 15) is 4.79 Å². The number of ether oxygens (including phenoxy) is 1. The summed E-state index contributed by atoms with van der Waals surface area (Å²) in [5, 5.41) is 2.93. The van der Waals surface area contributed by atoms with E-state index in [4.69, 9.17) is 4.74 Å². The maximum Gasteiger partial charge on any atom is 0.254 e. The molecule has 1 atom stereocenters. The molecule has 0 aliphatic rings. The van der Waals surface area contributed by atoms with Gasteiger partial charge in [-0.15, -0.1) is 11.3 Å². The van der Waals surface area contributed by atoms with Gasteiger partial charge in [0, 0.05) is 17.0 Å². The van der Waals surface area contributed by atoms with E-state index in [1.165, 1.54) is 0 Å². The normalized spacial score (nSPS) is 11.8. The Bertz CT molecular complexity index is 908. The number of aryl methyl sites for hydroxylation is 1. The number of amides is 1. The molecule has 4 nitrogen and oxygen atoms in total. The third-order valence-electron chi connectivity index (χ3n) is 4.80. The van der Waals surface area contributed by atoms with Crippen LogP contribution in [0.4, 0.5) is 0 Å². The minimum Gasteiger partial charge on any atom is -0.486 e. The molecule has 1 amide bonds. The molecule has 0 N–H and O–H groups in total. The van der Waals surface area contributed by atoms with Crippen molar-refractivity contribution in [2.24, 2.45) is 0 Å². The summed E-state index contributed by atoms with van der Waals surface area (Å²) in [5.41, 5.74) is 2.65. The second-order valence-electron chi connectivity index (χ2n) is 6.84. The smallest absolute Gasteiger partial charge is 0.254 e. The molecule has 5 heteroatoms. The van der Waals surface area contributed by atoms with Gasteiger partial charge < -0.3 is 9.64 Å². The van der Waals surface area contributed by atoms with Gasteiger partial charge in [-0.25, -0.2) is 4.98 Å². The molecule has 0 bridgehead atoms. The highest BCUT2D eigenvalue weighted by Gasteiger charge is 2.23. The molecule has 1 heterocycles. The molecule has 0 radical (unpaired) electrons. The molecule has 28 heavy (non-hydrogen) atoms. The van der Waals surface area contributed by atoms with E-state index >= 15 is 0 Å². The zero-order valence-corrected chi connectivity index (χ0v) is 17.4. The lowest BCUT2D eigenvalue weighted by atomic mass is 10.1. The first kappa shape index (κ1) is 20.1. The number of rotatable bonds is 8. The van der Waals surface area contributed by atoms with E-state index in [1.807, 2.05) is 71.8 Å². The Morgan fingerprint density at radius 1 is 1.14 bits per heavy atom. The van der Waals surface area contributed by atoms with Gasteiger partial charge in [0.2, 0.25) is 0 Å². The third-order valence-corrected chi connectivity index (χ3v) is 5.67. The SMILES string of the molecule is CC[C@@H](C)N(Cc1csc(COc2ccccc2)n1)C(=O)c1ccccc1C. The van der Waals surface area contributed by atoms with Crippen LogP contribution in [0, 0.1) is 6.92 Å². The van der Waals surface area contributed by atoms with Crippen LogP contribution in [0.15, 0.2) is 60.0 Å². The van der Waals surface area contributed by atoms with Gasteiger partial charge in [-0.05, 0) is 44.0 Å². The molecule has 0 fully saturated rings. The highest BCUT2D eigenvalue weighted by Crippen LogP contribution is 2.20. The van der Waals surface area contributed by atoms with Crippen LogP contribution in [-0.4, -0.2) is 21.8 Å². The van der Waals surface area contributed by atoms with E-state index in [2.05, 4.69) is 18.8 Å². The maximum atomic E-state index is 13.2. The zero-order valence-electron chi connectivity index (χ0n) is 16.6. The van der Waals surface area contributed by atoms with E-state index in [1.54, 1.807) is 11.3 Å². The van der Waals surface area contributed by atoms with Crippen molar-refractivity contribution in [2.75, 3.05) is 0 Å². The van der Waals surface area contributed by atoms with Crippen LogP contribution < -0.4 is 4.74 Å². The molecule has 3 rings (SSSR count). The van der Waals surface area contributed by atoms with Crippen LogP contribution in [0.25, 0.3) is 0 Å². The van der Waals surface area contributed by atoms with Gasteiger partial charge in [0.15, 0.2) is 0 Å². The molecule has 0 aliphatic heterocycles. The summed E-state index contributed by atoms with van der Waals surface area (Å²) < 4.78 is 5.78. The second kappa shape index (κ2) is 9.51. The van der Waals surface area contributed by atoms with Gasteiger partial charge in [0.25, 0.3) is 5.91 Å². The Morgan fingerprint density at radius 2 is 1.86 bits per heavy atom. The maximum absolute atomic E-state index is 13.2. The van der Waals surface area contributed by atoms with Crippen LogP contribution >= 0.6 is 11.3 Å². The van der Waals surface area contributed by atoms with Crippen LogP contribution in [0.5, 0.6) is 5.75 Å². The number of hydrogen-bond acceptors (Lipinski definition) is 4. The summed E-state index contributed by atoms with van der Waals surface area (Å²) in [6.45, 7) is 7.10. The topological polar surface area (TPSA) is 42.4 Å². The van der Waals surface area contributed by atoms with Gasteiger partial charge in [0.1, 0.15) is 17.4 Å². The molecule has 0 saturated heterocycles. The van der Waals surface area contributed by atoms with Gasteiger partial charge >= 0.3 is 0 Å². The molecular formula is C23H26N2O2S. The van der Waals surface area contributed by atoms with Crippen LogP contribution in [0.3, 0.4) is 0 Å². The minimum absolute atomic E-state index is 0.0579. The second-order valence-corrected chi connectivity index (χ2v) is 7.78. The number of carbonyl (C=O) groups is 1. The number of para-hydroxylation sites is 1. The summed E-state index contributed by atoms with van der Waals surface area (Å²) in [6, 6.07) is 17.6. The Morgan fingerprint density at radius 3 is 2.57 bits per heavy atom. The fourth-order valence-corrected chi connectivity index (χ4v) is 3.64. The first-order chi connectivity index (χ1) is 13.6. The summed E-state index contributed by atoms with van der Waals surface area (Å²) in [7, 11) is 0. The lowest BCUT2D eigenvalue weighted by Crippen LogP contribution is -2.38. The zero-order chi connectivity index (χ0) is 19.9. The van der Waals surface area contributed by atoms with Gasteiger partial charge in [-0.2, -0.15) is 0 Å².